The topological polar surface area (TPSA) is 52.0 Å². The summed E-state index contributed by atoms with van der Waals surface area (Å²) in [5.74, 6) is -0.174. The predicted octanol–water partition coefficient (Wildman–Crippen LogP) is 1.53. The molecule has 1 heterocycles. The Labute approximate surface area is 81.9 Å². The molecule has 13 heavy (non-hydrogen) atoms. The molecule has 1 aromatic rings. The van der Waals surface area contributed by atoms with Gasteiger partial charge in [-0.25, -0.2) is 8.42 Å². The lowest BCUT2D eigenvalue weighted by atomic mass is 10.4. The highest BCUT2D eigenvalue weighted by Crippen LogP contribution is 2.13. The van der Waals surface area contributed by atoms with E-state index in [4.69, 9.17) is 10.7 Å². The zero-order chi connectivity index (χ0) is 10.1. The van der Waals surface area contributed by atoms with E-state index in [1.807, 2.05) is 13.8 Å². The Balaban J connectivity index is 2.96. The maximum absolute atomic E-state index is 10.8. The molecule has 0 bridgehead atoms. The van der Waals surface area contributed by atoms with E-state index < -0.39 is 9.05 Å². The molecule has 0 saturated heterocycles. The lowest BCUT2D eigenvalue weighted by Crippen LogP contribution is -2.09. The molecular formula is C7H11ClN2O2S. The lowest BCUT2D eigenvalue weighted by molar-refractivity contribution is 0.515. The predicted molar refractivity (Wildman–Crippen MR) is 51.1 cm³/mol. The van der Waals surface area contributed by atoms with Gasteiger partial charge in [0.25, 0.3) is 0 Å². The molecule has 0 aliphatic rings. The highest BCUT2D eigenvalue weighted by Gasteiger charge is 2.12. The highest BCUT2D eigenvalue weighted by molar-refractivity contribution is 8.13. The first-order valence-corrected chi connectivity index (χ1v) is 6.33. The molecule has 1 aromatic heterocycles. The molecule has 0 spiro atoms. The van der Waals surface area contributed by atoms with Gasteiger partial charge in [0.05, 0.1) is 5.69 Å². The molecule has 0 N–H and O–H groups in total. The second-order valence-electron chi connectivity index (χ2n) is 3.04. The third kappa shape index (κ3) is 3.00. The van der Waals surface area contributed by atoms with Gasteiger partial charge in [0, 0.05) is 22.9 Å². The van der Waals surface area contributed by atoms with Crippen LogP contribution in [0.25, 0.3) is 0 Å². The van der Waals surface area contributed by atoms with E-state index in [-0.39, 0.29) is 11.8 Å². The van der Waals surface area contributed by atoms with Gasteiger partial charge in [-0.15, -0.1) is 0 Å². The Kier molecular flexibility index (Phi) is 2.98. The summed E-state index contributed by atoms with van der Waals surface area (Å²) in [6, 6.07) is 1.79. The molecule has 0 aromatic carbocycles. The maximum atomic E-state index is 10.8. The maximum Gasteiger partial charge on any atom is 0.238 e. The van der Waals surface area contributed by atoms with Crippen molar-refractivity contribution in [3.05, 3.63) is 18.0 Å². The quantitative estimate of drug-likeness (QED) is 0.729. The van der Waals surface area contributed by atoms with Crippen LogP contribution in [0.5, 0.6) is 0 Å². The van der Waals surface area contributed by atoms with Crippen LogP contribution in [0.1, 0.15) is 25.6 Å². The normalized spacial score (nSPS) is 12.3. The van der Waals surface area contributed by atoms with Crippen molar-refractivity contribution in [1.29, 1.82) is 0 Å². The Bertz CT molecular complexity index is 383. The van der Waals surface area contributed by atoms with Crippen LogP contribution in [0.15, 0.2) is 12.3 Å². The van der Waals surface area contributed by atoms with Crippen molar-refractivity contribution in [1.82, 2.24) is 9.78 Å². The van der Waals surface area contributed by atoms with Crippen LogP contribution in [0.3, 0.4) is 0 Å². The number of hydrogen-bond donors (Lipinski definition) is 0. The molecule has 0 unspecified atom stereocenters. The van der Waals surface area contributed by atoms with Gasteiger partial charge in [0.1, 0.15) is 5.75 Å². The first-order valence-electron chi connectivity index (χ1n) is 3.85. The van der Waals surface area contributed by atoms with E-state index in [9.17, 15) is 8.42 Å². The largest absolute Gasteiger partial charge is 0.266 e. The molecule has 1 rings (SSSR count). The fourth-order valence-electron chi connectivity index (χ4n) is 1.10. The van der Waals surface area contributed by atoms with E-state index in [1.165, 1.54) is 0 Å². The van der Waals surface area contributed by atoms with Crippen LogP contribution in [0.2, 0.25) is 0 Å². The van der Waals surface area contributed by atoms with Crippen LogP contribution in [-0.4, -0.2) is 18.2 Å². The van der Waals surface area contributed by atoms with Crippen LogP contribution >= 0.6 is 10.7 Å². The molecule has 74 valence electrons. The van der Waals surface area contributed by atoms with Crippen molar-refractivity contribution in [2.75, 3.05) is 0 Å². The third-order valence-corrected chi connectivity index (χ3v) is 2.53. The van der Waals surface area contributed by atoms with Gasteiger partial charge in [-0.2, -0.15) is 5.10 Å². The summed E-state index contributed by atoms with van der Waals surface area (Å²) >= 11 is 0. The summed E-state index contributed by atoms with van der Waals surface area (Å²) in [6.45, 7) is 3.86. The summed E-state index contributed by atoms with van der Waals surface area (Å²) in [5, 5.41) is 3.99. The van der Waals surface area contributed by atoms with Gasteiger partial charge in [0.15, 0.2) is 0 Å². The van der Waals surface area contributed by atoms with E-state index in [0.717, 1.165) is 0 Å². The minimum atomic E-state index is -3.49. The van der Waals surface area contributed by atoms with Crippen molar-refractivity contribution in [2.24, 2.45) is 0 Å². The number of hydrogen-bond acceptors (Lipinski definition) is 3. The summed E-state index contributed by atoms with van der Waals surface area (Å²) in [5.41, 5.74) is 0.616. The average molecular weight is 223 g/mol. The van der Waals surface area contributed by atoms with E-state index in [2.05, 4.69) is 5.10 Å². The molecule has 0 amide bonds. The molecule has 0 fully saturated rings. The molecule has 0 aliphatic heterocycles. The Morgan fingerprint density at radius 2 is 2.23 bits per heavy atom. The first kappa shape index (κ1) is 10.5. The monoisotopic (exact) mass is 222 g/mol. The molecule has 0 radical (unpaired) electrons. The van der Waals surface area contributed by atoms with Crippen molar-refractivity contribution in [2.45, 2.75) is 25.6 Å². The Morgan fingerprint density at radius 1 is 1.62 bits per heavy atom. The Hall–Kier alpha value is -0.550. The minimum absolute atomic E-state index is 0.142. The Morgan fingerprint density at radius 3 is 2.69 bits per heavy atom. The SMILES string of the molecule is CC(C)n1nccc1CS(=O)(=O)Cl. The molecule has 0 saturated carbocycles. The van der Waals surface area contributed by atoms with Gasteiger partial charge in [0.2, 0.25) is 9.05 Å². The fraction of sp³-hybridized carbons (Fsp3) is 0.571. The minimum Gasteiger partial charge on any atom is -0.266 e. The van der Waals surface area contributed by atoms with Crippen LogP contribution < -0.4 is 0 Å². The number of rotatable bonds is 3. The van der Waals surface area contributed by atoms with Crippen LogP contribution in [0, 0.1) is 0 Å². The first-order chi connectivity index (χ1) is 5.90. The van der Waals surface area contributed by atoms with Gasteiger partial charge < -0.3 is 0 Å². The summed E-state index contributed by atoms with van der Waals surface area (Å²) in [4.78, 5) is 0. The summed E-state index contributed by atoms with van der Waals surface area (Å²) in [7, 11) is 1.64. The molecular weight excluding hydrogens is 212 g/mol. The van der Waals surface area contributed by atoms with Crippen LogP contribution in [0.4, 0.5) is 0 Å². The number of halogens is 1. The smallest absolute Gasteiger partial charge is 0.238 e. The zero-order valence-corrected chi connectivity index (χ0v) is 9.01. The van der Waals surface area contributed by atoms with E-state index in [0.29, 0.717) is 5.69 Å². The number of nitrogens with zero attached hydrogens (tertiary/aromatic N) is 2. The van der Waals surface area contributed by atoms with E-state index in [1.54, 1.807) is 16.9 Å². The van der Waals surface area contributed by atoms with Crippen LogP contribution in [-0.2, 0) is 14.8 Å². The molecule has 4 nitrogen and oxygen atoms in total. The van der Waals surface area contributed by atoms with E-state index >= 15 is 0 Å². The lowest BCUT2D eigenvalue weighted by Gasteiger charge is -2.09. The standard InChI is InChI=1S/C7H11ClN2O2S/c1-6(2)10-7(3-4-9-10)5-13(8,11)12/h3-4,6H,5H2,1-2H3. The second-order valence-corrected chi connectivity index (χ2v) is 5.82. The summed E-state index contributed by atoms with van der Waals surface area (Å²) in [6.07, 6.45) is 1.57. The second kappa shape index (κ2) is 3.67. The van der Waals surface area contributed by atoms with Gasteiger partial charge >= 0.3 is 0 Å². The number of aromatic nitrogens is 2. The van der Waals surface area contributed by atoms with Crippen molar-refractivity contribution in [3.8, 4) is 0 Å². The average Bonchev–Trinajstić information content (AvgIpc) is 2.31. The third-order valence-electron chi connectivity index (χ3n) is 1.56. The summed E-state index contributed by atoms with van der Waals surface area (Å²) < 4.78 is 23.2. The molecule has 0 aliphatic carbocycles. The van der Waals surface area contributed by atoms with Gasteiger partial charge in [-0.3, -0.25) is 4.68 Å². The van der Waals surface area contributed by atoms with Gasteiger partial charge in [-0.1, -0.05) is 0 Å². The fourth-order valence-corrected chi connectivity index (χ4v) is 2.01. The van der Waals surface area contributed by atoms with Gasteiger partial charge in [-0.05, 0) is 19.9 Å². The highest BCUT2D eigenvalue weighted by atomic mass is 35.7. The van der Waals surface area contributed by atoms with Crippen molar-refractivity contribution in [3.63, 3.8) is 0 Å². The van der Waals surface area contributed by atoms with Crippen molar-refractivity contribution < 1.29 is 8.42 Å². The molecule has 6 heteroatoms. The van der Waals surface area contributed by atoms with Crippen molar-refractivity contribution >= 4 is 19.7 Å². The zero-order valence-electron chi connectivity index (χ0n) is 7.44. The molecule has 0 atom stereocenters.